The largest absolute Gasteiger partial charge is 0.444 e. The first-order chi connectivity index (χ1) is 9.94. The van der Waals surface area contributed by atoms with Crippen LogP contribution in [-0.2, 0) is 9.47 Å². The number of nitrogens with zero attached hydrogens (tertiary/aromatic N) is 1. The van der Waals surface area contributed by atoms with Gasteiger partial charge in [-0.25, -0.2) is 4.79 Å². The zero-order chi connectivity index (χ0) is 15.3. The normalized spacial score (nSPS) is 20.6. The van der Waals surface area contributed by atoms with Crippen LogP contribution in [-0.4, -0.2) is 55.0 Å². The number of hydrogen-bond acceptors (Lipinski definition) is 4. The highest BCUT2D eigenvalue weighted by atomic mass is 16.6. The third-order valence-electron chi connectivity index (χ3n) is 3.78. The topological polar surface area (TPSA) is 50.8 Å². The van der Waals surface area contributed by atoms with E-state index in [9.17, 15) is 4.79 Å². The lowest BCUT2D eigenvalue weighted by atomic mass is 10.1. The number of nitrogens with one attached hydrogen (secondary N) is 1. The summed E-state index contributed by atoms with van der Waals surface area (Å²) in [6.45, 7) is 9.04. The van der Waals surface area contributed by atoms with Crippen LogP contribution < -0.4 is 5.32 Å². The first-order valence-corrected chi connectivity index (χ1v) is 8.27. The Morgan fingerprint density at radius 2 is 1.86 bits per heavy atom. The standard InChI is InChI=1S/C16H30N2O3/c1-16(2,3)21-15(19)18-10-7-14(8-11-18)20-12-4-9-17-13-5-6-13/h13-14,17H,4-12H2,1-3H3. The number of piperidine rings is 1. The molecule has 0 radical (unpaired) electrons. The van der Waals surface area contributed by atoms with E-state index in [0.717, 1.165) is 51.5 Å². The number of carbonyl (C=O) groups is 1. The summed E-state index contributed by atoms with van der Waals surface area (Å²) in [7, 11) is 0. The van der Waals surface area contributed by atoms with Gasteiger partial charge in [0.2, 0.25) is 0 Å². The molecule has 1 saturated carbocycles. The van der Waals surface area contributed by atoms with Crippen LogP contribution in [0.2, 0.25) is 0 Å². The Bertz CT molecular complexity index is 329. The summed E-state index contributed by atoms with van der Waals surface area (Å²) in [6.07, 6.45) is 5.67. The van der Waals surface area contributed by atoms with Gasteiger partial charge in [-0.3, -0.25) is 0 Å². The van der Waals surface area contributed by atoms with Crippen LogP contribution in [0.1, 0.15) is 52.9 Å². The van der Waals surface area contributed by atoms with Crippen LogP contribution >= 0.6 is 0 Å². The number of amides is 1. The Morgan fingerprint density at radius 3 is 2.43 bits per heavy atom. The molecular weight excluding hydrogens is 268 g/mol. The second kappa shape index (κ2) is 7.45. The van der Waals surface area contributed by atoms with Gasteiger partial charge >= 0.3 is 6.09 Å². The maximum atomic E-state index is 11.9. The molecule has 1 heterocycles. The minimum atomic E-state index is -0.418. The average molecular weight is 298 g/mol. The van der Waals surface area contributed by atoms with Crippen molar-refractivity contribution in [1.29, 1.82) is 0 Å². The summed E-state index contributed by atoms with van der Waals surface area (Å²) in [5, 5.41) is 3.49. The number of likely N-dealkylation sites (tertiary alicyclic amines) is 1. The lowest BCUT2D eigenvalue weighted by molar-refractivity contribution is -0.0117. The summed E-state index contributed by atoms with van der Waals surface area (Å²) in [6, 6.07) is 0.780. The molecule has 1 N–H and O–H groups in total. The molecular formula is C16H30N2O3. The highest BCUT2D eigenvalue weighted by molar-refractivity contribution is 5.68. The van der Waals surface area contributed by atoms with E-state index in [1.165, 1.54) is 12.8 Å². The van der Waals surface area contributed by atoms with Crippen molar-refractivity contribution in [3.63, 3.8) is 0 Å². The van der Waals surface area contributed by atoms with Gasteiger partial charge in [0, 0.05) is 25.7 Å². The lowest BCUT2D eigenvalue weighted by Gasteiger charge is -2.33. The molecule has 2 rings (SSSR count). The molecule has 21 heavy (non-hydrogen) atoms. The van der Waals surface area contributed by atoms with E-state index in [2.05, 4.69) is 5.32 Å². The van der Waals surface area contributed by atoms with E-state index in [-0.39, 0.29) is 6.09 Å². The second-order valence-electron chi connectivity index (χ2n) is 7.12. The predicted octanol–water partition coefficient (Wildman–Crippen LogP) is 2.54. The minimum Gasteiger partial charge on any atom is -0.444 e. The van der Waals surface area contributed by atoms with Gasteiger partial charge < -0.3 is 19.7 Å². The van der Waals surface area contributed by atoms with Gasteiger partial charge in [-0.1, -0.05) is 0 Å². The Balaban J connectivity index is 1.53. The first kappa shape index (κ1) is 16.6. The summed E-state index contributed by atoms with van der Waals surface area (Å²) in [5.74, 6) is 0. The van der Waals surface area contributed by atoms with Crippen molar-refractivity contribution in [2.24, 2.45) is 0 Å². The molecule has 2 fully saturated rings. The monoisotopic (exact) mass is 298 g/mol. The molecule has 122 valence electrons. The number of hydrogen-bond donors (Lipinski definition) is 1. The van der Waals surface area contributed by atoms with Crippen molar-refractivity contribution >= 4 is 6.09 Å². The molecule has 1 aliphatic heterocycles. The zero-order valence-electron chi connectivity index (χ0n) is 13.7. The van der Waals surface area contributed by atoms with Crippen molar-refractivity contribution in [3.8, 4) is 0 Å². The molecule has 5 heteroatoms. The lowest BCUT2D eigenvalue weighted by Crippen LogP contribution is -2.43. The molecule has 1 saturated heterocycles. The van der Waals surface area contributed by atoms with Gasteiger partial charge in [-0.05, 0) is 59.4 Å². The van der Waals surface area contributed by atoms with E-state index in [0.29, 0.717) is 6.10 Å². The summed E-state index contributed by atoms with van der Waals surface area (Å²) in [4.78, 5) is 13.7. The third kappa shape index (κ3) is 6.66. The fraction of sp³-hybridized carbons (Fsp3) is 0.938. The summed E-state index contributed by atoms with van der Waals surface area (Å²) < 4.78 is 11.3. The average Bonchev–Trinajstić information content (AvgIpc) is 3.21. The summed E-state index contributed by atoms with van der Waals surface area (Å²) in [5.41, 5.74) is -0.418. The van der Waals surface area contributed by atoms with Gasteiger partial charge in [-0.15, -0.1) is 0 Å². The van der Waals surface area contributed by atoms with Gasteiger partial charge in [0.05, 0.1) is 6.10 Å². The molecule has 1 aliphatic carbocycles. The minimum absolute atomic E-state index is 0.199. The number of carbonyl (C=O) groups excluding carboxylic acids is 1. The van der Waals surface area contributed by atoms with Crippen molar-refractivity contribution in [2.45, 2.75) is 70.6 Å². The molecule has 2 aliphatic rings. The van der Waals surface area contributed by atoms with E-state index >= 15 is 0 Å². The Hall–Kier alpha value is -0.810. The molecule has 0 aromatic heterocycles. The van der Waals surface area contributed by atoms with Crippen LogP contribution in [0.4, 0.5) is 4.79 Å². The van der Waals surface area contributed by atoms with Crippen LogP contribution in [0, 0.1) is 0 Å². The predicted molar refractivity (Wildman–Crippen MR) is 82.4 cm³/mol. The first-order valence-electron chi connectivity index (χ1n) is 8.27. The fourth-order valence-corrected chi connectivity index (χ4v) is 2.45. The maximum Gasteiger partial charge on any atom is 0.410 e. The SMILES string of the molecule is CC(C)(C)OC(=O)N1CCC(OCCCNC2CC2)CC1. The van der Waals surface area contributed by atoms with Crippen molar-refractivity contribution in [1.82, 2.24) is 10.2 Å². The molecule has 0 spiro atoms. The molecule has 1 amide bonds. The number of rotatable bonds is 6. The van der Waals surface area contributed by atoms with Gasteiger partial charge in [-0.2, -0.15) is 0 Å². The van der Waals surface area contributed by atoms with E-state index < -0.39 is 5.60 Å². The van der Waals surface area contributed by atoms with Crippen molar-refractivity contribution < 1.29 is 14.3 Å². The molecule has 5 nitrogen and oxygen atoms in total. The van der Waals surface area contributed by atoms with Crippen LogP contribution in [0.5, 0.6) is 0 Å². The highest BCUT2D eigenvalue weighted by Gasteiger charge is 2.27. The smallest absolute Gasteiger partial charge is 0.410 e. The molecule has 0 aromatic carbocycles. The van der Waals surface area contributed by atoms with Crippen molar-refractivity contribution in [3.05, 3.63) is 0 Å². The maximum absolute atomic E-state index is 11.9. The molecule has 0 unspecified atom stereocenters. The highest BCUT2D eigenvalue weighted by Crippen LogP contribution is 2.19. The summed E-state index contributed by atoms with van der Waals surface area (Å²) >= 11 is 0. The molecule has 0 bridgehead atoms. The molecule has 0 atom stereocenters. The van der Waals surface area contributed by atoms with Gasteiger partial charge in [0.15, 0.2) is 0 Å². The van der Waals surface area contributed by atoms with E-state index in [4.69, 9.17) is 9.47 Å². The second-order valence-corrected chi connectivity index (χ2v) is 7.12. The Morgan fingerprint density at radius 1 is 1.19 bits per heavy atom. The quantitative estimate of drug-likeness (QED) is 0.766. The third-order valence-corrected chi connectivity index (χ3v) is 3.78. The Kier molecular flexibility index (Phi) is 5.88. The fourth-order valence-electron chi connectivity index (χ4n) is 2.45. The zero-order valence-corrected chi connectivity index (χ0v) is 13.7. The molecule has 0 aromatic rings. The van der Waals surface area contributed by atoms with Gasteiger partial charge in [0.25, 0.3) is 0 Å². The van der Waals surface area contributed by atoms with Crippen LogP contribution in [0.15, 0.2) is 0 Å². The van der Waals surface area contributed by atoms with Crippen LogP contribution in [0.25, 0.3) is 0 Å². The van der Waals surface area contributed by atoms with Crippen molar-refractivity contribution in [2.75, 3.05) is 26.2 Å². The Labute approximate surface area is 128 Å². The van der Waals surface area contributed by atoms with E-state index in [1.807, 2.05) is 20.8 Å². The number of ether oxygens (including phenoxy) is 2. The van der Waals surface area contributed by atoms with E-state index in [1.54, 1.807) is 4.90 Å². The van der Waals surface area contributed by atoms with Crippen LogP contribution in [0.3, 0.4) is 0 Å². The van der Waals surface area contributed by atoms with Gasteiger partial charge in [0.1, 0.15) is 5.60 Å².